The lowest BCUT2D eigenvalue weighted by Crippen LogP contribution is -2.28. The van der Waals surface area contributed by atoms with Crippen LogP contribution in [-0.2, 0) is 13.0 Å². The quantitative estimate of drug-likeness (QED) is 0.577. The van der Waals surface area contributed by atoms with E-state index in [4.69, 9.17) is 0 Å². The molecule has 0 N–H and O–H groups in total. The Balaban J connectivity index is 1.67. The average Bonchev–Trinajstić information content (AvgIpc) is 3.24. The summed E-state index contributed by atoms with van der Waals surface area (Å²) in [6.07, 6.45) is 4.76. The molecule has 1 aliphatic heterocycles. The lowest BCUT2D eigenvalue weighted by atomic mass is 9.93. The standard InChI is InChI=1S/C24H27FN2/c1-16-6-11-23-20(14-16)21-15-26(2)13-12-24(21)27(23)22-5-3-4-19(22)17-7-9-18(25)10-8-17/h6-11,14,19,22H,3-5,12-13,15H2,1-2H3/t19-,22-/m1/s1. The highest BCUT2D eigenvalue weighted by molar-refractivity contribution is 5.86. The highest BCUT2D eigenvalue weighted by Gasteiger charge is 2.34. The van der Waals surface area contributed by atoms with Gasteiger partial charge in [0.05, 0.1) is 0 Å². The minimum atomic E-state index is -0.143. The van der Waals surface area contributed by atoms with Gasteiger partial charge in [-0.15, -0.1) is 0 Å². The van der Waals surface area contributed by atoms with E-state index in [0.717, 1.165) is 19.5 Å². The fourth-order valence-electron chi connectivity index (χ4n) is 5.37. The second-order valence-corrected chi connectivity index (χ2v) is 8.46. The molecule has 0 radical (unpaired) electrons. The molecule has 1 saturated carbocycles. The zero-order chi connectivity index (χ0) is 18.5. The minimum Gasteiger partial charge on any atom is -0.341 e. The largest absolute Gasteiger partial charge is 0.341 e. The summed E-state index contributed by atoms with van der Waals surface area (Å²) in [6, 6.07) is 14.6. The van der Waals surface area contributed by atoms with Crippen LogP contribution in [-0.4, -0.2) is 23.1 Å². The third-order valence-electron chi connectivity index (χ3n) is 6.64. The molecule has 0 spiro atoms. The molecule has 1 aromatic heterocycles. The van der Waals surface area contributed by atoms with E-state index in [1.807, 2.05) is 12.1 Å². The molecule has 1 aliphatic carbocycles. The second kappa shape index (κ2) is 6.49. The number of fused-ring (bicyclic) bond motifs is 3. The molecule has 0 amide bonds. The molecule has 2 nitrogen and oxygen atoms in total. The normalized spacial score (nSPS) is 23.1. The van der Waals surface area contributed by atoms with Gasteiger partial charge in [-0.2, -0.15) is 0 Å². The summed E-state index contributed by atoms with van der Waals surface area (Å²) >= 11 is 0. The lowest BCUT2D eigenvalue weighted by molar-refractivity contribution is 0.305. The van der Waals surface area contributed by atoms with Crippen LogP contribution >= 0.6 is 0 Å². The third kappa shape index (κ3) is 2.80. The van der Waals surface area contributed by atoms with E-state index in [9.17, 15) is 4.39 Å². The zero-order valence-corrected chi connectivity index (χ0v) is 16.2. The van der Waals surface area contributed by atoms with Crippen LogP contribution in [0, 0.1) is 12.7 Å². The number of aryl methyl sites for hydroxylation is 1. The predicted molar refractivity (Wildman–Crippen MR) is 109 cm³/mol. The number of nitrogens with zero attached hydrogens (tertiary/aromatic N) is 2. The Kier molecular flexibility index (Phi) is 4.08. The fraction of sp³-hybridized carbons (Fsp3) is 0.417. The van der Waals surface area contributed by atoms with Gasteiger partial charge < -0.3 is 9.47 Å². The molecule has 2 atom stereocenters. The summed E-state index contributed by atoms with van der Waals surface area (Å²) in [5.41, 5.74) is 7.06. The summed E-state index contributed by atoms with van der Waals surface area (Å²) in [5.74, 6) is 0.335. The maximum absolute atomic E-state index is 13.4. The first-order chi connectivity index (χ1) is 13.1. The molecule has 0 unspecified atom stereocenters. The van der Waals surface area contributed by atoms with Gasteiger partial charge in [0.1, 0.15) is 5.82 Å². The second-order valence-electron chi connectivity index (χ2n) is 8.46. The maximum atomic E-state index is 13.4. The predicted octanol–water partition coefficient (Wildman–Crippen LogP) is 5.59. The first-order valence-corrected chi connectivity index (χ1v) is 10.2. The first kappa shape index (κ1) is 17.0. The first-order valence-electron chi connectivity index (χ1n) is 10.2. The molecule has 3 heteroatoms. The Hall–Kier alpha value is -2.13. The Bertz CT molecular complexity index is 986. The van der Waals surface area contributed by atoms with Crippen molar-refractivity contribution in [1.29, 1.82) is 0 Å². The van der Waals surface area contributed by atoms with Crippen molar-refractivity contribution in [3.8, 4) is 0 Å². The van der Waals surface area contributed by atoms with E-state index < -0.39 is 0 Å². The van der Waals surface area contributed by atoms with Crippen molar-refractivity contribution in [3.63, 3.8) is 0 Å². The monoisotopic (exact) mass is 362 g/mol. The summed E-state index contributed by atoms with van der Waals surface area (Å²) in [6.45, 7) is 4.35. The summed E-state index contributed by atoms with van der Waals surface area (Å²) in [7, 11) is 2.22. The van der Waals surface area contributed by atoms with E-state index >= 15 is 0 Å². The van der Waals surface area contributed by atoms with Gasteiger partial charge in [0, 0.05) is 48.1 Å². The molecule has 3 aromatic rings. The number of hydrogen-bond acceptors (Lipinski definition) is 1. The third-order valence-corrected chi connectivity index (χ3v) is 6.64. The summed E-state index contributed by atoms with van der Waals surface area (Å²) in [5, 5.41) is 1.43. The van der Waals surface area contributed by atoms with Gasteiger partial charge >= 0.3 is 0 Å². The molecule has 27 heavy (non-hydrogen) atoms. The summed E-state index contributed by atoms with van der Waals surface area (Å²) < 4.78 is 16.1. The number of likely N-dealkylation sites (N-methyl/N-ethyl adjacent to an activating group) is 1. The molecule has 2 aromatic carbocycles. The van der Waals surface area contributed by atoms with E-state index in [1.165, 1.54) is 52.5 Å². The van der Waals surface area contributed by atoms with Crippen LogP contribution in [0.3, 0.4) is 0 Å². The van der Waals surface area contributed by atoms with Crippen LogP contribution in [0.15, 0.2) is 42.5 Å². The van der Waals surface area contributed by atoms with Gasteiger partial charge in [0.15, 0.2) is 0 Å². The van der Waals surface area contributed by atoms with Crippen LogP contribution in [0.4, 0.5) is 4.39 Å². The highest BCUT2D eigenvalue weighted by atomic mass is 19.1. The lowest BCUT2D eigenvalue weighted by Gasteiger charge is -2.29. The van der Waals surface area contributed by atoms with Gasteiger partial charge in [-0.05, 0) is 62.2 Å². The number of hydrogen-bond donors (Lipinski definition) is 0. The number of halogens is 1. The summed E-state index contributed by atoms with van der Waals surface area (Å²) in [4.78, 5) is 2.43. The smallest absolute Gasteiger partial charge is 0.123 e. The van der Waals surface area contributed by atoms with Crippen LogP contribution in [0.5, 0.6) is 0 Å². The SMILES string of the molecule is Cc1ccc2c(c1)c1c(n2[C@@H]2CCC[C@@H]2c2ccc(F)cc2)CCN(C)C1. The van der Waals surface area contributed by atoms with Crippen LogP contribution in [0.25, 0.3) is 10.9 Å². The van der Waals surface area contributed by atoms with Crippen LogP contribution in [0.1, 0.15) is 53.6 Å². The molecular formula is C24H27FN2. The van der Waals surface area contributed by atoms with Crippen molar-refractivity contribution in [1.82, 2.24) is 9.47 Å². The van der Waals surface area contributed by atoms with Gasteiger partial charge in [0.25, 0.3) is 0 Å². The van der Waals surface area contributed by atoms with Crippen molar-refractivity contribution in [2.24, 2.45) is 0 Å². The van der Waals surface area contributed by atoms with E-state index in [0.29, 0.717) is 12.0 Å². The Morgan fingerprint density at radius 3 is 2.67 bits per heavy atom. The molecular weight excluding hydrogens is 335 g/mol. The number of benzene rings is 2. The highest BCUT2D eigenvalue weighted by Crippen LogP contribution is 2.46. The molecule has 2 aliphatic rings. The van der Waals surface area contributed by atoms with Gasteiger partial charge in [0.2, 0.25) is 0 Å². The molecule has 5 rings (SSSR count). The molecule has 2 heterocycles. The van der Waals surface area contributed by atoms with Crippen molar-refractivity contribution >= 4 is 10.9 Å². The van der Waals surface area contributed by atoms with E-state index in [2.05, 4.69) is 41.6 Å². The van der Waals surface area contributed by atoms with Crippen LogP contribution < -0.4 is 0 Å². The zero-order valence-electron chi connectivity index (χ0n) is 16.2. The molecule has 0 saturated heterocycles. The van der Waals surface area contributed by atoms with Gasteiger partial charge in [-0.3, -0.25) is 0 Å². The molecule has 0 bridgehead atoms. The van der Waals surface area contributed by atoms with E-state index in [1.54, 1.807) is 12.1 Å². The number of aromatic nitrogens is 1. The van der Waals surface area contributed by atoms with Crippen molar-refractivity contribution in [2.45, 2.75) is 51.1 Å². The van der Waals surface area contributed by atoms with E-state index in [-0.39, 0.29) is 5.82 Å². The van der Waals surface area contributed by atoms with Gasteiger partial charge in [-0.1, -0.05) is 30.2 Å². The van der Waals surface area contributed by atoms with Crippen LogP contribution in [0.2, 0.25) is 0 Å². The topological polar surface area (TPSA) is 8.17 Å². The van der Waals surface area contributed by atoms with Gasteiger partial charge in [-0.25, -0.2) is 4.39 Å². The molecule has 140 valence electrons. The maximum Gasteiger partial charge on any atom is 0.123 e. The Labute approximate surface area is 160 Å². The Morgan fingerprint density at radius 2 is 1.85 bits per heavy atom. The van der Waals surface area contributed by atoms with Crippen molar-refractivity contribution in [3.05, 3.63) is 70.7 Å². The average molecular weight is 362 g/mol. The van der Waals surface area contributed by atoms with Crippen molar-refractivity contribution < 1.29 is 4.39 Å². The van der Waals surface area contributed by atoms with Crippen molar-refractivity contribution in [2.75, 3.05) is 13.6 Å². The molecule has 1 fully saturated rings. The number of rotatable bonds is 2. The Morgan fingerprint density at radius 1 is 1.04 bits per heavy atom. The minimum absolute atomic E-state index is 0.143. The fourth-order valence-corrected chi connectivity index (χ4v) is 5.37.